The fraction of sp³-hybridized carbons (Fsp3) is 0.818. The molecule has 1 aliphatic heterocycles. The Kier molecular flexibility index (Phi) is 3.91. The highest BCUT2D eigenvalue weighted by molar-refractivity contribution is 8.01. The van der Waals surface area contributed by atoms with Crippen LogP contribution in [-0.2, 0) is 16.4 Å². The Bertz CT molecular complexity index is 570. The van der Waals surface area contributed by atoms with Crippen molar-refractivity contribution in [2.24, 2.45) is 0 Å². The number of sulfone groups is 1. The monoisotopic (exact) mass is 318 g/mol. The maximum absolute atomic E-state index is 11.8. The molecule has 1 aromatic rings. The molecule has 1 saturated carbocycles. The van der Waals surface area contributed by atoms with Crippen molar-refractivity contribution in [2.45, 2.75) is 30.8 Å². The molecule has 7 nitrogen and oxygen atoms in total. The second kappa shape index (κ2) is 5.53. The summed E-state index contributed by atoms with van der Waals surface area (Å²) in [5.74, 6) is 1.92. The van der Waals surface area contributed by atoms with E-state index in [1.807, 2.05) is 0 Å². The fourth-order valence-electron chi connectivity index (χ4n) is 2.11. The van der Waals surface area contributed by atoms with E-state index in [0.717, 1.165) is 5.75 Å². The molecule has 112 valence electrons. The number of nitrogens with one attached hydrogen (secondary N) is 1. The van der Waals surface area contributed by atoms with Gasteiger partial charge in [-0.15, -0.1) is 5.10 Å². The number of rotatable bonds is 5. The van der Waals surface area contributed by atoms with E-state index in [0.29, 0.717) is 36.8 Å². The molecule has 0 amide bonds. The zero-order valence-electron chi connectivity index (χ0n) is 11.3. The summed E-state index contributed by atoms with van der Waals surface area (Å²) in [6, 6.07) is 0.883. The Morgan fingerprint density at radius 1 is 1.45 bits per heavy atom. The average molecular weight is 318 g/mol. The molecular formula is C11H18N4O3S2. The summed E-state index contributed by atoms with van der Waals surface area (Å²) in [5, 5.41) is 10.7. The molecule has 20 heavy (non-hydrogen) atoms. The van der Waals surface area contributed by atoms with Crippen molar-refractivity contribution < 1.29 is 12.8 Å². The maximum atomic E-state index is 11.8. The molecule has 0 bridgehead atoms. The first kappa shape index (κ1) is 14.2. The zero-order valence-corrected chi connectivity index (χ0v) is 12.9. The molecule has 3 rings (SSSR count). The topological polar surface area (TPSA) is 88.3 Å². The van der Waals surface area contributed by atoms with Crippen LogP contribution in [0.15, 0.2) is 4.42 Å². The molecule has 1 saturated heterocycles. The lowest BCUT2D eigenvalue weighted by atomic mass is 10.5. The van der Waals surface area contributed by atoms with Crippen LogP contribution in [0.5, 0.6) is 0 Å². The number of hydrogen-bond acceptors (Lipinski definition) is 8. The van der Waals surface area contributed by atoms with Gasteiger partial charge in [-0.25, -0.2) is 8.42 Å². The lowest BCUT2D eigenvalue weighted by Crippen LogP contribution is -2.47. The van der Waals surface area contributed by atoms with Crippen molar-refractivity contribution in [3.63, 3.8) is 0 Å². The lowest BCUT2D eigenvalue weighted by molar-refractivity contribution is 0.457. The summed E-state index contributed by atoms with van der Waals surface area (Å²) >= 11 is 1.63. The predicted molar refractivity (Wildman–Crippen MR) is 77.5 cm³/mol. The minimum Gasteiger partial charge on any atom is -0.407 e. The van der Waals surface area contributed by atoms with Crippen LogP contribution in [0.3, 0.4) is 0 Å². The van der Waals surface area contributed by atoms with Crippen LogP contribution in [0.4, 0.5) is 6.01 Å². The van der Waals surface area contributed by atoms with Gasteiger partial charge in [0.15, 0.2) is 9.84 Å². The van der Waals surface area contributed by atoms with Gasteiger partial charge in [0.25, 0.3) is 0 Å². The molecule has 2 heterocycles. The van der Waals surface area contributed by atoms with Crippen LogP contribution in [0, 0.1) is 0 Å². The van der Waals surface area contributed by atoms with Crippen molar-refractivity contribution in [3.8, 4) is 0 Å². The van der Waals surface area contributed by atoms with Gasteiger partial charge >= 0.3 is 6.01 Å². The molecule has 1 aliphatic carbocycles. The maximum Gasteiger partial charge on any atom is 0.319 e. The highest BCUT2D eigenvalue weighted by atomic mass is 32.2. The van der Waals surface area contributed by atoms with Crippen molar-refractivity contribution in [3.05, 3.63) is 5.89 Å². The molecule has 2 aliphatic rings. The van der Waals surface area contributed by atoms with E-state index >= 15 is 0 Å². The quantitative estimate of drug-likeness (QED) is 0.826. The summed E-state index contributed by atoms with van der Waals surface area (Å²) in [7, 11) is -3.17. The fourth-order valence-corrected chi connectivity index (χ4v) is 4.92. The zero-order chi connectivity index (χ0) is 14.2. The van der Waals surface area contributed by atoms with Crippen LogP contribution < -0.4 is 10.2 Å². The highest BCUT2D eigenvalue weighted by Crippen LogP contribution is 2.26. The Morgan fingerprint density at radius 2 is 2.25 bits per heavy atom. The van der Waals surface area contributed by atoms with Gasteiger partial charge in [-0.1, -0.05) is 5.10 Å². The van der Waals surface area contributed by atoms with Crippen LogP contribution >= 0.6 is 11.8 Å². The number of thioether (sulfide) groups is 1. The molecule has 1 unspecified atom stereocenters. The van der Waals surface area contributed by atoms with E-state index in [2.05, 4.69) is 15.5 Å². The summed E-state index contributed by atoms with van der Waals surface area (Å²) < 4.78 is 29.3. The average Bonchev–Trinajstić information content (AvgIpc) is 3.12. The van der Waals surface area contributed by atoms with Crippen LogP contribution in [0.2, 0.25) is 0 Å². The van der Waals surface area contributed by atoms with E-state index < -0.39 is 15.2 Å². The van der Waals surface area contributed by atoms with Gasteiger partial charge in [0, 0.05) is 30.3 Å². The third kappa shape index (κ3) is 3.26. The van der Waals surface area contributed by atoms with E-state index in [9.17, 15) is 8.42 Å². The van der Waals surface area contributed by atoms with Gasteiger partial charge < -0.3 is 14.6 Å². The normalized spacial score (nSPS) is 24.1. The van der Waals surface area contributed by atoms with Gasteiger partial charge in [-0.2, -0.15) is 11.8 Å². The molecule has 1 atom stereocenters. The molecule has 0 radical (unpaired) electrons. The predicted octanol–water partition coefficient (Wildman–Crippen LogP) is 0.245. The van der Waals surface area contributed by atoms with E-state index in [4.69, 9.17) is 4.42 Å². The SMILES string of the molecule is CS(=O)(=O)C1CSCCN1c1nnc(CNC2CC2)o1. The van der Waals surface area contributed by atoms with Gasteiger partial charge in [0.1, 0.15) is 5.37 Å². The van der Waals surface area contributed by atoms with E-state index in [1.165, 1.54) is 19.1 Å². The molecule has 0 spiro atoms. The van der Waals surface area contributed by atoms with Crippen LogP contribution in [-0.4, -0.2) is 54.3 Å². The molecule has 1 N–H and O–H groups in total. The summed E-state index contributed by atoms with van der Waals surface area (Å²) in [6.07, 6.45) is 3.64. The van der Waals surface area contributed by atoms with Crippen molar-refractivity contribution >= 4 is 27.6 Å². The summed E-state index contributed by atoms with van der Waals surface area (Å²) in [6.45, 7) is 1.16. The van der Waals surface area contributed by atoms with Gasteiger partial charge in [-0.05, 0) is 12.8 Å². The Balaban J connectivity index is 1.72. The van der Waals surface area contributed by atoms with Gasteiger partial charge in [0.2, 0.25) is 5.89 Å². The smallest absolute Gasteiger partial charge is 0.319 e. The minimum atomic E-state index is -3.17. The van der Waals surface area contributed by atoms with Crippen LogP contribution in [0.25, 0.3) is 0 Å². The summed E-state index contributed by atoms with van der Waals surface area (Å²) in [4.78, 5) is 1.71. The first-order chi connectivity index (χ1) is 9.54. The van der Waals surface area contributed by atoms with E-state index in [-0.39, 0.29) is 0 Å². The first-order valence-electron chi connectivity index (χ1n) is 6.63. The summed E-state index contributed by atoms with van der Waals surface area (Å²) in [5.41, 5.74) is 0. The van der Waals surface area contributed by atoms with Gasteiger partial charge in [-0.3, -0.25) is 0 Å². The van der Waals surface area contributed by atoms with Crippen molar-refractivity contribution in [1.29, 1.82) is 0 Å². The Labute approximate surface area is 122 Å². The molecule has 9 heteroatoms. The molecule has 0 aromatic carbocycles. The third-order valence-corrected chi connectivity index (χ3v) is 6.04. The van der Waals surface area contributed by atoms with Gasteiger partial charge in [0.05, 0.1) is 6.54 Å². The second-order valence-corrected chi connectivity index (χ2v) is 8.54. The Hall–Kier alpha value is -0.800. The molecule has 2 fully saturated rings. The highest BCUT2D eigenvalue weighted by Gasteiger charge is 2.34. The molecule has 1 aromatic heterocycles. The number of aromatic nitrogens is 2. The largest absolute Gasteiger partial charge is 0.407 e. The first-order valence-corrected chi connectivity index (χ1v) is 9.74. The third-order valence-electron chi connectivity index (χ3n) is 3.40. The van der Waals surface area contributed by atoms with Crippen LogP contribution in [0.1, 0.15) is 18.7 Å². The second-order valence-electron chi connectivity index (χ2n) is 5.19. The van der Waals surface area contributed by atoms with E-state index in [1.54, 1.807) is 16.7 Å². The molecular weight excluding hydrogens is 300 g/mol. The Morgan fingerprint density at radius 3 is 2.95 bits per heavy atom. The number of nitrogens with zero attached hydrogens (tertiary/aromatic N) is 3. The standard InChI is InChI=1S/C11H18N4O3S2/c1-20(16,17)10-7-19-5-4-15(10)11-14-13-9(18-11)6-12-8-2-3-8/h8,10,12H,2-7H2,1H3. The lowest BCUT2D eigenvalue weighted by Gasteiger charge is -2.32. The number of hydrogen-bond donors (Lipinski definition) is 1. The van der Waals surface area contributed by atoms with Crippen molar-refractivity contribution in [2.75, 3.05) is 29.2 Å². The number of anilines is 1. The van der Waals surface area contributed by atoms with Crippen molar-refractivity contribution in [1.82, 2.24) is 15.5 Å². The minimum absolute atomic E-state index is 0.313.